The Morgan fingerprint density at radius 1 is 1.31 bits per heavy atom. The summed E-state index contributed by atoms with van der Waals surface area (Å²) < 4.78 is 3.26. The van der Waals surface area contributed by atoms with E-state index in [9.17, 15) is 0 Å². The molecular formula is C9H6Br2OS. The van der Waals surface area contributed by atoms with E-state index in [1.54, 1.807) is 11.3 Å². The van der Waals surface area contributed by atoms with Gasteiger partial charge in [-0.2, -0.15) is 0 Å². The number of rotatable bonds is 1. The van der Waals surface area contributed by atoms with E-state index >= 15 is 0 Å². The van der Waals surface area contributed by atoms with Gasteiger partial charge in [-0.05, 0) is 34.1 Å². The zero-order chi connectivity index (χ0) is 9.42. The minimum Gasteiger partial charge on any atom is -0.391 e. The van der Waals surface area contributed by atoms with Crippen LogP contribution in [0.15, 0.2) is 27.1 Å². The topological polar surface area (TPSA) is 20.2 Å². The van der Waals surface area contributed by atoms with Crippen LogP contribution >= 0.6 is 43.2 Å². The summed E-state index contributed by atoms with van der Waals surface area (Å²) in [5, 5.41) is 10.2. The lowest BCUT2D eigenvalue weighted by atomic mass is 10.2. The van der Waals surface area contributed by atoms with E-state index in [2.05, 4.69) is 37.9 Å². The summed E-state index contributed by atoms with van der Waals surface area (Å²) in [7, 11) is 0. The Bertz CT molecular complexity index is 450. The molecule has 1 heterocycles. The molecule has 68 valence electrons. The number of hydrogen-bond acceptors (Lipinski definition) is 2. The fourth-order valence-electron chi connectivity index (χ4n) is 1.19. The van der Waals surface area contributed by atoms with Crippen LogP contribution in [0.1, 0.15) is 4.88 Å². The molecule has 4 heteroatoms. The Balaban J connectivity index is 2.77. The van der Waals surface area contributed by atoms with Crippen LogP contribution in [0.25, 0.3) is 10.1 Å². The van der Waals surface area contributed by atoms with Gasteiger partial charge in [0.2, 0.25) is 0 Å². The van der Waals surface area contributed by atoms with Gasteiger partial charge in [0.1, 0.15) is 0 Å². The lowest BCUT2D eigenvalue weighted by Gasteiger charge is -1.91. The van der Waals surface area contributed by atoms with Crippen LogP contribution in [0, 0.1) is 0 Å². The number of aliphatic hydroxyl groups excluding tert-OH is 1. The first kappa shape index (κ1) is 9.65. The molecule has 0 aliphatic rings. The summed E-state index contributed by atoms with van der Waals surface area (Å²) in [6.45, 7) is 0.0948. The molecule has 0 amide bonds. The van der Waals surface area contributed by atoms with E-state index in [1.807, 2.05) is 12.1 Å². The van der Waals surface area contributed by atoms with Gasteiger partial charge in [0.05, 0.1) is 6.61 Å². The standard InChI is InChI=1S/C9H6Br2OS/c10-5-1-2-7-6(3-5)9(11)8(4-12)13-7/h1-3,12H,4H2. The summed E-state index contributed by atoms with van der Waals surface area (Å²) in [6.07, 6.45) is 0. The number of thiophene rings is 1. The molecule has 0 saturated heterocycles. The van der Waals surface area contributed by atoms with Crippen LogP contribution < -0.4 is 0 Å². The lowest BCUT2D eigenvalue weighted by molar-refractivity contribution is 0.285. The molecule has 0 spiro atoms. The number of benzene rings is 1. The minimum atomic E-state index is 0.0948. The fourth-order valence-corrected chi connectivity index (χ4v) is 3.32. The third-order valence-corrected chi connectivity index (χ3v) is 4.62. The summed E-state index contributed by atoms with van der Waals surface area (Å²) in [6, 6.07) is 6.11. The van der Waals surface area contributed by atoms with Crippen molar-refractivity contribution < 1.29 is 5.11 Å². The molecule has 0 fully saturated rings. The predicted octanol–water partition coefficient (Wildman–Crippen LogP) is 3.92. The molecule has 13 heavy (non-hydrogen) atoms. The maximum Gasteiger partial charge on any atom is 0.0786 e. The fraction of sp³-hybridized carbons (Fsp3) is 0.111. The molecule has 2 rings (SSSR count). The molecule has 1 aromatic heterocycles. The van der Waals surface area contributed by atoms with Gasteiger partial charge in [-0.1, -0.05) is 15.9 Å². The summed E-state index contributed by atoms with van der Waals surface area (Å²) in [5.74, 6) is 0. The highest BCUT2D eigenvalue weighted by molar-refractivity contribution is 9.11. The van der Waals surface area contributed by atoms with Gasteiger partial charge in [-0.3, -0.25) is 0 Å². The smallest absolute Gasteiger partial charge is 0.0786 e. The second-order valence-corrected chi connectivity index (χ2v) is 5.48. The van der Waals surface area contributed by atoms with Crippen molar-refractivity contribution in [3.8, 4) is 0 Å². The Kier molecular flexibility index (Phi) is 2.74. The SMILES string of the molecule is OCc1sc2ccc(Br)cc2c1Br. The summed E-state index contributed by atoms with van der Waals surface area (Å²) >= 11 is 8.51. The Labute approximate surface area is 96.6 Å². The predicted molar refractivity (Wildman–Crippen MR) is 63.1 cm³/mol. The third kappa shape index (κ3) is 1.68. The quantitative estimate of drug-likeness (QED) is 0.844. The molecule has 1 N–H and O–H groups in total. The van der Waals surface area contributed by atoms with E-state index in [0.717, 1.165) is 19.2 Å². The average Bonchev–Trinajstić information content (AvgIpc) is 2.44. The van der Waals surface area contributed by atoms with Gasteiger partial charge >= 0.3 is 0 Å². The van der Waals surface area contributed by atoms with Gasteiger partial charge in [-0.15, -0.1) is 11.3 Å². The van der Waals surface area contributed by atoms with Crippen LogP contribution in [0.2, 0.25) is 0 Å². The molecule has 0 radical (unpaired) electrons. The monoisotopic (exact) mass is 320 g/mol. The molecule has 0 atom stereocenters. The number of aliphatic hydroxyl groups is 1. The van der Waals surface area contributed by atoms with Crippen molar-refractivity contribution >= 4 is 53.3 Å². The molecule has 0 bridgehead atoms. The Morgan fingerprint density at radius 2 is 2.08 bits per heavy atom. The number of halogens is 2. The summed E-state index contributed by atoms with van der Waals surface area (Å²) in [4.78, 5) is 0.980. The van der Waals surface area contributed by atoms with Crippen molar-refractivity contribution in [3.05, 3.63) is 32.0 Å². The van der Waals surface area contributed by atoms with Crippen LogP contribution in [0.5, 0.6) is 0 Å². The second-order valence-electron chi connectivity index (χ2n) is 2.64. The third-order valence-electron chi connectivity index (χ3n) is 1.80. The summed E-state index contributed by atoms with van der Waals surface area (Å²) in [5.41, 5.74) is 0. The second kappa shape index (κ2) is 3.69. The average molecular weight is 322 g/mol. The molecule has 0 unspecified atom stereocenters. The van der Waals surface area contributed by atoms with Crippen molar-refractivity contribution in [2.45, 2.75) is 6.61 Å². The van der Waals surface area contributed by atoms with E-state index in [0.29, 0.717) is 0 Å². The van der Waals surface area contributed by atoms with Crippen molar-refractivity contribution in [1.82, 2.24) is 0 Å². The van der Waals surface area contributed by atoms with Gasteiger partial charge in [0.15, 0.2) is 0 Å². The molecule has 1 aromatic carbocycles. The first-order valence-electron chi connectivity index (χ1n) is 3.69. The zero-order valence-corrected chi connectivity index (χ0v) is 10.5. The van der Waals surface area contributed by atoms with Gasteiger partial charge in [-0.25, -0.2) is 0 Å². The normalized spacial score (nSPS) is 11.0. The molecular weight excluding hydrogens is 316 g/mol. The maximum atomic E-state index is 9.06. The van der Waals surface area contributed by atoms with Crippen molar-refractivity contribution in [2.24, 2.45) is 0 Å². The molecule has 0 saturated carbocycles. The number of hydrogen-bond donors (Lipinski definition) is 1. The van der Waals surface area contributed by atoms with E-state index in [4.69, 9.17) is 5.11 Å². The Hall–Kier alpha value is 0.1000. The first-order chi connectivity index (χ1) is 6.22. The lowest BCUT2D eigenvalue weighted by Crippen LogP contribution is -1.74. The molecule has 2 aromatic rings. The number of fused-ring (bicyclic) bond motifs is 1. The van der Waals surface area contributed by atoms with Crippen molar-refractivity contribution in [1.29, 1.82) is 0 Å². The first-order valence-corrected chi connectivity index (χ1v) is 6.10. The highest BCUT2D eigenvalue weighted by Gasteiger charge is 2.08. The van der Waals surface area contributed by atoms with Crippen LogP contribution in [0.4, 0.5) is 0 Å². The zero-order valence-electron chi connectivity index (χ0n) is 6.55. The molecule has 1 nitrogen and oxygen atoms in total. The van der Waals surface area contributed by atoms with Crippen LogP contribution in [0.3, 0.4) is 0 Å². The van der Waals surface area contributed by atoms with Crippen molar-refractivity contribution in [2.75, 3.05) is 0 Å². The van der Waals surface area contributed by atoms with Gasteiger partial charge < -0.3 is 5.11 Å². The molecule has 0 aliphatic heterocycles. The van der Waals surface area contributed by atoms with Crippen LogP contribution in [-0.4, -0.2) is 5.11 Å². The molecule has 0 aliphatic carbocycles. The highest BCUT2D eigenvalue weighted by Crippen LogP contribution is 2.36. The minimum absolute atomic E-state index is 0.0948. The van der Waals surface area contributed by atoms with E-state index in [1.165, 1.54) is 4.70 Å². The van der Waals surface area contributed by atoms with Crippen molar-refractivity contribution in [3.63, 3.8) is 0 Å². The largest absolute Gasteiger partial charge is 0.391 e. The van der Waals surface area contributed by atoms with Gasteiger partial charge in [0.25, 0.3) is 0 Å². The Morgan fingerprint density at radius 3 is 2.77 bits per heavy atom. The van der Waals surface area contributed by atoms with Gasteiger partial charge in [0, 0.05) is 23.9 Å². The van der Waals surface area contributed by atoms with E-state index < -0.39 is 0 Å². The highest BCUT2D eigenvalue weighted by atomic mass is 79.9. The maximum absolute atomic E-state index is 9.06. The van der Waals surface area contributed by atoms with E-state index in [-0.39, 0.29) is 6.61 Å². The van der Waals surface area contributed by atoms with Crippen LogP contribution in [-0.2, 0) is 6.61 Å².